The van der Waals surface area contributed by atoms with E-state index in [1.165, 1.54) is 12.8 Å². The van der Waals surface area contributed by atoms with Crippen LogP contribution in [0.2, 0.25) is 0 Å². The van der Waals surface area contributed by atoms with Crippen molar-refractivity contribution in [2.75, 3.05) is 31.9 Å². The first-order valence-corrected chi connectivity index (χ1v) is 9.26. The van der Waals surface area contributed by atoms with Gasteiger partial charge in [-0.1, -0.05) is 12.8 Å². The lowest BCUT2D eigenvalue weighted by Crippen LogP contribution is -2.57. The smallest absolute Gasteiger partial charge is 0.193 e. The molecule has 1 heterocycles. The van der Waals surface area contributed by atoms with Crippen LogP contribution in [0.25, 0.3) is 0 Å². The molecule has 0 bridgehead atoms. The zero-order chi connectivity index (χ0) is 14.8. The van der Waals surface area contributed by atoms with Crippen molar-refractivity contribution in [2.24, 2.45) is 10.9 Å². The summed E-state index contributed by atoms with van der Waals surface area (Å²) in [6.07, 6.45) is 3.85. The molecule has 0 amide bonds. The molecule has 20 heavy (non-hydrogen) atoms. The lowest BCUT2D eigenvalue weighted by atomic mass is 10.2. The first-order chi connectivity index (χ1) is 9.36. The van der Waals surface area contributed by atoms with Gasteiger partial charge in [-0.15, -0.1) is 0 Å². The molecule has 1 saturated heterocycles. The van der Waals surface area contributed by atoms with Crippen LogP contribution in [0, 0.1) is 5.92 Å². The fourth-order valence-corrected chi connectivity index (χ4v) is 3.88. The van der Waals surface area contributed by atoms with Gasteiger partial charge in [0.15, 0.2) is 15.8 Å². The predicted octanol–water partition coefficient (Wildman–Crippen LogP) is 1.26. The normalized spacial score (nSPS) is 25.6. The maximum absolute atomic E-state index is 12.1. The summed E-state index contributed by atoms with van der Waals surface area (Å²) in [5.74, 6) is 1.96. The third-order valence-corrected chi connectivity index (χ3v) is 6.71. The van der Waals surface area contributed by atoms with Crippen molar-refractivity contribution in [1.29, 1.82) is 0 Å². The second-order valence-corrected chi connectivity index (χ2v) is 9.21. The van der Waals surface area contributed by atoms with Crippen molar-refractivity contribution in [2.45, 2.75) is 44.8 Å². The monoisotopic (exact) mass is 301 g/mol. The molecule has 5 nitrogen and oxygen atoms in total. The number of hydrogen-bond donors (Lipinski definition) is 1. The number of nitrogens with zero attached hydrogens (tertiary/aromatic N) is 2. The maximum Gasteiger partial charge on any atom is 0.193 e. The molecule has 0 aromatic rings. The molecule has 0 aromatic heterocycles. The van der Waals surface area contributed by atoms with E-state index in [1.54, 1.807) is 0 Å². The molecule has 0 aromatic carbocycles. The predicted molar refractivity (Wildman–Crippen MR) is 82.8 cm³/mol. The third-order valence-electron chi connectivity index (χ3n) is 4.17. The molecule has 0 atom stereocenters. The van der Waals surface area contributed by atoms with Gasteiger partial charge in [0.25, 0.3) is 0 Å². The van der Waals surface area contributed by atoms with Gasteiger partial charge in [-0.3, -0.25) is 4.99 Å². The van der Waals surface area contributed by atoms with E-state index in [2.05, 4.69) is 15.2 Å². The standard InChI is InChI=1S/C14H27N3O2S/c1-4-15-13(16-8-7-12-5-6-12)17-9-10-20(18,19)14(2,3)11-17/h12H,4-11H2,1-3H3,(H,15,16). The van der Waals surface area contributed by atoms with Crippen molar-refractivity contribution in [3.63, 3.8) is 0 Å². The van der Waals surface area contributed by atoms with Gasteiger partial charge in [-0.05, 0) is 33.1 Å². The quantitative estimate of drug-likeness (QED) is 0.627. The molecule has 1 saturated carbocycles. The molecule has 0 unspecified atom stereocenters. The first kappa shape index (κ1) is 15.6. The van der Waals surface area contributed by atoms with Crippen LogP contribution in [0.4, 0.5) is 0 Å². The Bertz CT molecular complexity index is 467. The molecule has 1 aliphatic carbocycles. The summed E-state index contributed by atoms with van der Waals surface area (Å²) in [5, 5.41) is 3.29. The van der Waals surface area contributed by atoms with Gasteiger partial charge in [0, 0.05) is 26.2 Å². The van der Waals surface area contributed by atoms with Crippen LogP contribution in [0.5, 0.6) is 0 Å². The van der Waals surface area contributed by atoms with Crippen molar-refractivity contribution in [1.82, 2.24) is 10.2 Å². The van der Waals surface area contributed by atoms with Gasteiger partial charge < -0.3 is 10.2 Å². The van der Waals surface area contributed by atoms with E-state index in [0.29, 0.717) is 13.1 Å². The van der Waals surface area contributed by atoms with E-state index in [1.807, 2.05) is 20.8 Å². The van der Waals surface area contributed by atoms with Crippen LogP contribution >= 0.6 is 0 Å². The minimum atomic E-state index is -2.99. The summed E-state index contributed by atoms with van der Waals surface area (Å²) >= 11 is 0. The zero-order valence-electron chi connectivity index (χ0n) is 12.9. The zero-order valence-corrected chi connectivity index (χ0v) is 13.7. The third kappa shape index (κ3) is 3.65. The Labute approximate surface area is 122 Å². The van der Waals surface area contributed by atoms with Gasteiger partial charge in [-0.2, -0.15) is 0 Å². The molecule has 1 aliphatic heterocycles. The SMILES string of the molecule is CCNC(=NCCC1CC1)N1CCS(=O)(=O)C(C)(C)C1. The first-order valence-electron chi connectivity index (χ1n) is 7.61. The highest BCUT2D eigenvalue weighted by molar-refractivity contribution is 7.92. The van der Waals surface area contributed by atoms with E-state index >= 15 is 0 Å². The summed E-state index contributed by atoms with van der Waals surface area (Å²) in [5.41, 5.74) is 0. The Balaban J connectivity index is 2.01. The number of nitrogens with one attached hydrogen (secondary N) is 1. The van der Waals surface area contributed by atoms with Crippen molar-refractivity contribution in [3.8, 4) is 0 Å². The minimum Gasteiger partial charge on any atom is -0.357 e. The van der Waals surface area contributed by atoms with E-state index in [0.717, 1.165) is 31.4 Å². The highest BCUT2D eigenvalue weighted by atomic mass is 32.2. The van der Waals surface area contributed by atoms with Gasteiger partial charge in [0.05, 0.1) is 10.5 Å². The summed E-state index contributed by atoms with van der Waals surface area (Å²) < 4.78 is 23.4. The van der Waals surface area contributed by atoms with Gasteiger partial charge >= 0.3 is 0 Å². The molecule has 1 N–H and O–H groups in total. The number of guanidine groups is 1. The fourth-order valence-electron chi connectivity index (χ4n) is 2.51. The highest BCUT2D eigenvalue weighted by Gasteiger charge is 2.40. The fraction of sp³-hybridized carbons (Fsp3) is 0.929. The average Bonchev–Trinajstić information content (AvgIpc) is 3.16. The van der Waals surface area contributed by atoms with Gasteiger partial charge in [0.1, 0.15) is 0 Å². The lowest BCUT2D eigenvalue weighted by molar-refractivity contribution is 0.353. The summed E-state index contributed by atoms with van der Waals surface area (Å²) in [4.78, 5) is 6.76. The molecular weight excluding hydrogens is 274 g/mol. The van der Waals surface area contributed by atoms with Gasteiger partial charge in [0.2, 0.25) is 0 Å². The number of sulfone groups is 1. The Morgan fingerprint density at radius 3 is 2.65 bits per heavy atom. The van der Waals surface area contributed by atoms with E-state index in [-0.39, 0.29) is 5.75 Å². The lowest BCUT2D eigenvalue weighted by Gasteiger charge is -2.39. The molecule has 0 radical (unpaired) electrons. The number of rotatable bonds is 4. The minimum absolute atomic E-state index is 0.215. The molecule has 116 valence electrons. The number of aliphatic imine (C=N–C) groups is 1. The molecule has 6 heteroatoms. The van der Waals surface area contributed by atoms with E-state index < -0.39 is 14.6 Å². The Morgan fingerprint density at radius 1 is 1.40 bits per heavy atom. The van der Waals surface area contributed by atoms with Crippen LogP contribution in [0.3, 0.4) is 0 Å². The van der Waals surface area contributed by atoms with Crippen LogP contribution in [0.15, 0.2) is 4.99 Å². The molecule has 2 rings (SSSR count). The van der Waals surface area contributed by atoms with Crippen molar-refractivity contribution < 1.29 is 8.42 Å². The average molecular weight is 301 g/mol. The van der Waals surface area contributed by atoms with E-state index in [4.69, 9.17) is 0 Å². The van der Waals surface area contributed by atoms with Crippen LogP contribution in [-0.2, 0) is 9.84 Å². The second kappa shape index (κ2) is 5.92. The largest absolute Gasteiger partial charge is 0.357 e. The summed E-state index contributed by atoms with van der Waals surface area (Å²) in [6.45, 7) is 8.38. The Hall–Kier alpha value is -0.780. The van der Waals surface area contributed by atoms with Crippen LogP contribution in [-0.4, -0.2) is 56.0 Å². The highest BCUT2D eigenvalue weighted by Crippen LogP contribution is 2.32. The summed E-state index contributed by atoms with van der Waals surface area (Å²) in [7, 11) is -2.99. The van der Waals surface area contributed by atoms with E-state index in [9.17, 15) is 8.42 Å². The second-order valence-electron chi connectivity index (χ2n) is 6.47. The topological polar surface area (TPSA) is 61.8 Å². The Morgan fingerprint density at radius 2 is 2.10 bits per heavy atom. The summed E-state index contributed by atoms with van der Waals surface area (Å²) in [6, 6.07) is 0. The molecular formula is C14H27N3O2S. The molecule has 0 spiro atoms. The number of hydrogen-bond acceptors (Lipinski definition) is 3. The molecule has 2 aliphatic rings. The van der Waals surface area contributed by atoms with Crippen LogP contribution in [0.1, 0.15) is 40.0 Å². The van der Waals surface area contributed by atoms with Crippen molar-refractivity contribution in [3.05, 3.63) is 0 Å². The molecule has 2 fully saturated rings. The van der Waals surface area contributed by atoms with Crippen molar-refractivity contribution >= 4 is 15.8 Å². The Kier molecular flexibility index (Phi) is 4.62. The van der Waals surface area contributed by atoms with Gasteiger partial charge in [-0.25, -0.2) is 8.42 Å². The van der Waals surface area contributed by atoms with Crippen LogP contribution < -0.4 is 5.32 Å². The maximum atomic E-state index is 12.1.